The fraction of sp³-hybridized carbons (Fsp3) is 0.0800. The van der Waals surface area contributed by atoms with Crippen molar-refractivity contribution >= 4 is 39.8 Å². The van der Waals surface area contributed by atoms with Crippen LogP contribution < -0.4 is 9.47 Å². The van der Waals surface area contributed by atoms with Gasteiger partial charge in [-0.05, 0) is 70.9 Å². The predicted octanol–water partition coefficient (Wildman–Crippen LogP) is 5.55. The molecule has 0 aromatic heterocycles. The van der Waals surface area contributed by atoms with E-state index >= 15 is 0 Å². The number of aliphatic imine (C=N–C) groups is 1. The number of ether oxygens (including phenoxy) is 3. The third kappa shape index (κ3) is 5.01. The average Bonchev–Trinajstić information content (AvgIpc) is 3.17. The average molecular weight is 510 g/mol. The molecule has 0 saturated heterocycles. The molecule has 0 N–H and O–H groups in total. The maximum Gasteiger partial charge on any atom is 0.363 e. The monoisotopic (exact) mass is 509 g/mol. The van der Waals surface area contributed by atoms with Crippen molar-refractivity contribution in [2.75, 3.05) is 6.61 Å². The van der Waals surface area contributed by atoms with Gasteiger partial charge in [0.05, 0.1) is 22.2 Å². The number of rotatable bonds is 6. The molecule has 0 atom stereocenters. The molecule has 1 aliphatic rings. The van der Waals surface area contributed by atoms with Gasteiger partial charge >= 0.3 is 11.9 Å². The second-order valence-corrected chi connectivity index (χ2v) is 7.69. The Bertz CT molecular complexity index is 1290. The Balaban J connectivity index is 1.66. The second-order valence-electron chi connectivity index (χ2n) is 6.83. The molecule has 0 spiro atoms. The van der Waals surface area contributed by atoms with Gasteiger partial charge in [-0.15, -0.1) is 0 Å². The molecule has 8 heteroatoms. The third-order valence-electron chi connectivity index (χ3n) is 4.56. The van der Waals surface area contributed by atoms with Gasteiger partial charge in [0.25, 0.3) is 0 Å². The zero-order valence-electron chi connectivity index (χ0n) is 17.4. The summed E-state index contributed by atoms with van der Waals surface area (Å²) in [4.78, 5) is 28.9. The zero-order valence-corrected chi connectivity index (χ0v) is 19.0. The number of benzene rings is 3. The molecule has 6 nitrogen and oxygen atoms in total. The van der Waals surface area contributed by atoms with E-state index in [9.17, 15) is 14.0 Å². The van der Waals surface area contributed by atoms with E-state index in [0.717, 1.165) is 0 Å². The first-order chi connectivity index (χ1) is 16.0. The van der Waals surface area contributed by atoms with Crippen molar-refractivity contribution in [2.24, 2.45) is 4.99 Å². The van der Waals surface area contributed by atoms with Crippen LogP contribution in [-0.4, -0.2) is 24.4 Å². The second kappa shape index (κ2) is 9.79. The Labute approximate surface area is 197 Å². The molecule has 1 heterocycles. The molecule has 0 aliphatic carbocycles. The number of nitrogens with zero attached hydrogens (tertiary/aromatic N) is 1. The highest BCUT2D eigenvalue weighted by molar-refractivity contribution is 9.10. The summed E-state index contributed by atoms with van der Waals surface area (Å²) in [6.07, 6.45) is 1.48. The van der Waals surface area contributed by atoms with E-state index in [0.29, 0.717) is 28.0 Å². The largest absolute Gasteiger partial charge is 0.490 e. The van der Waals surface area contributed by atoms with Crippen molar-refractivity contribution in [2.45, 2.75) is 6.92 Å². The van der Waals surface area contributed by atoms with Gasteiger partial charge in [-0.1, -0.05) is 30.3 Å². The van der Waals surface area contributed by atoms with E-state index in [1.807, 2.05) is 0 Å². The van der Waals surface area contributed by atoms with Gasteiger partial charge in [0.15, 0.2) is 17.2 Å². The molecule has 166 valence electrons. The van der Waals surface area contributed by atoms with Crippen molar-refractivity contribution in [3.8, 4) is 11.5 Å². The quantitative estimate of drug-likeness (QED) is 0.247. The topological polar surface area (TPSA) is 74.2 Å². The maximum atomic E-state index is 14.0. The standard InChI is InChI=1S/C25H17BrFNO5/c1-2-31-21-14-15(12-18(26)22(21)32-24(29)16-8-4-3-5-9-16)13-20-25(30)33-23(28-20)17-10-6-7-11-19(17)27/h3-14H,2H2,1H3/b20-13-. The van der Waals surface area contributed by atoms with Gasteiger partial charge in [-0.3, -0.25) is 0 Å². The molecule has 0 bridgehead atoms. The first-order valence-corrected chi connectivity index (χ1v) is 10.8. The molecule has 0 saturated carbocycles. The Morgan fingerprint density at radius 2 is 1.85 bits per heavy atom. The highest BCUT2D eigenvalue weighted by Gasteiger charge is 2.26. The molecule has 3 aromatic carbocycles. The summed E-state index contributed by atoms with van der Waals surface area (Å²) < 4.78 is 30.8. The van der Waals surface area contributed by atoms with Crippen LogP contribution in [0.25, 0.3) is 6.08 Å². The molecule has 4 rings (SSSR count). The lowest BCUT2D eigenvalue weighted by molar-refractivity contribution is -0.129. The van der Waals surface area contributed by atoms with E-state index in [2.05, 4.69) is 20.9 Å². The number of carbonyl (C=O) groups is 2. The number of cyclic esters (lactones) is 1. The molecule has 1 aliphatic heterocycles. The molecule has 0 unspecified atom stereocenters. The summed E-state index contributed by atoms with van der Waals surface area (Å²) >= 11 is 3.40. The summed E-state index contributed by atoms with van der Waals surface area (Å²) in [6.45, 7) is 2.11. The smallest absolute Gasteiger partial charge is 0.363 e. The van der Waals surface area contributed by atoms with E-state index < -0.39 is 17.8 Å². The lowest BCUT2D eigenvalue weighted by atomic mass is 10.1. The summed E-state index contributed by atoms with van der Waals surface area (Å²) in [6, 6.07) is 17.7. The van der Waals surface area contributed by atoms with Gasteiger partial charge in [-0.25, -0.2) is 19.0 Å². The number of esters is 2. The van der Waals surface area contributed by atoms with Crippen LogP contribution in [0, 0.1) is 5.82 Å². The first kappa shape index (κ1) is 22.4. The van der Waals surface area contributed by atoms with Crippen LogP contribution in [0.15, 0.2) is 81.9 Å². The lowest BCUT2D eigenvalue weighted by Crippen LogP contribution is -2.10. The van der Waals surface area contributed by atoms with Crippen LogP contribution in [0.5, 0.6) is 11.5 Å². The fourth-order valence-corrected chi connectivity index (χ4v) is 3.62. The van der Waals surface area contributed by atoms with Crippen molar-refractivity contribution in [3.05, 3.63) is 99.4 Å². The van der Waals surface area contributed by atoms with Gasteiger partial charge < -0.3 is 14.2 Å². The van der Waals surface area contributed by atoms with Crippen molar-refractivity contribution in [1.29, 1.82) is 0 Å². The molecular formula is C25H17BrFNO5. The van der Waals surface area contributed by atoms with Crippen molar-refractivity contribution in [3.63, 3.8) is 0 Å². The van der Waals surface area contributed by atoms with Crippen LogP contribution in [0.2, 0.25) is 0 Å². The van der Waals surface area contributed by atoms with Gasteiger partial charge in [0.2, 0.25) is 5.90 Å². The van der Waals surface area contributed by atoms with Crippen LogP contribution >= 0.6 is 15.9 Å². The van der Waals surface area contributed by atoms with E-state index in [1.54, 1.807) is 55.5 Å². The van der Waals surface area contributed by atoms with Crippen LogP contribution in [0.1, 0.15) is 28.4 Å². The summed E-state index contributed by atoms with van der Waals surface area (Å²) in [5.74, 6) is -1.40. The minimum atomic E-state index is -0.707. The van der Waals surface area contributed by atoms with E-state index in [-0.39, 0.29) is 22.9 Å². The predicted molar refractivity (Wildman–Crippen MR) is 124 cm³/mol. The minimum absolute atomic E-state index is 0.00312. The third-order valence-corrected chi connectivity index (χ3v) is 5.15. The Morgan fingerprint density at radius 1 is 1.12 bits per heavy atom. The Morgan fingerprint density at radius 3 is 2.58 bits per heavy atom. The minimum Gasteiger partial charge on any atom is -0.490 e. The number of hydrogen-bond acceptors (Lipinski definition) is 6. The van der Waals surface area contributed by atoms with Crippen LogP contribution in [-0.2, 0) is 9.53 Å². The lowest BCUT2D eigenvalue weighted by Gasteiger charge is -2.13. The number of halogens is 2. The van der Waals surface area contributed by atoms with Gasteiger partial charge in [-0.2, -0.15) is 0 Å². The van der Waals surface area contributed by atoms with Crippen LogP contribution in [0.4, 0.5) is 4.39 Å². The Kier molecular flexibility index (Phi) is 6.65. The normalized spacial score (nSPS) is 14.1. The van der Waals surface area contributed by atoms with Crippen molar-refractivity contribution in [1.82, 2.24) is 0 Å². The van der Waals surface area contributed by atoms with Gasteiger partial charge in [0.1, 0.15) is 5.82 Å². The number of carbonyl (C=O) groups excluding carboxylic acids is 2. The van der Waals surface area contributed by atoms with Crippen LogP contribution in [0.3, 0.4) is 0 Å². The molecule has 0 radical (unpaired) electrons. The van der Waals surface area contributed by atoms with Crippen molar-refractivity contribution < 1.29 is 28.2 Å². The highest BCUT2D eigenvalue weighted by atomic mass is 79.9. The summed E-state index contributed by atoms with van der Waals surface area (Å²) in [7, 11) is 0. The Hall–Kier alpha value is -3.78. The molecular weight excluding hydrogens is 493 g/mol. The molecule has 3 aromatic rings. The molecule has 0 amide bonds. The zero-order chi connectivity index (χ0) is 23.4. The summed E-state index contributed by atoms with van der Waals surface area (Å²) in [5.41, 5.74) is 1.02. The van der Waals surface area contributed by atoms with Gasteiger partial charge in [0, 0.05) is 0 Å². The number of hydrogen-bond donors (Lipinski definition) is 0. The maximum absolute atomic E-state index is 14.0. The van der Waals surface area contributed by atoms with E-state index in [1.165, 1.54) is 24.3 Å². The molecule has 33 heavy (non-hydrogen) atoms. The highest BCUT2D eigenvalue weighted by Crippen LogP contribution is 2.38. The SMILES string of the molecule is CCOc1cc(/C=C2\N=C(c3ccccc3F)OC2=O)cc(Br)c1OC(=O)c1ccccc1. The molecule has 0 fully saturated rings. The summed E-state index contributed by atoms with van der Waals surface area (Å²) in [5, 5.41) is 0. The fourth-order valence-electron chi connectivity index (χ4n) is 3.08. The first-order valence-electron chi connectivity index (χ1n) is 9.97. The van der Waals surface area contributed by atoms with E-state index in [4.69, 9.17) is 14.2 Å².